The maximum Gasteiger partial charge on any atom is 0.265 e. The molecule has 6 heteroatoms. The van der Waals surface area contributed by atoms with Gasteiger partial charge in [0, 0.05) is 4.70 Å². The van der Waals surface area contributed by atoms with Crippen LogP contribution in [-0.2, 0) is 9.84 Å². The summed E-state index contributed by atoms with van der Waals surface area (Å²) in [6.07, 6.45) is 0. The third kappa shape index (κ3) is 3.13. The Morgan fingerprint density at radius 3 is 2.52 bits per heavy atom. The summed E-state index contributed by atoms with van der Waals surface area (Å²) < 4.78 is 25.3. The smallest absolute Gasteiger partial charge is 0.265 e. The van der Waals surface area contributed by atoms with E-state index in [1.807, 2.05) is 30.3 Å². The summed E-state index contributed by atoms with van der Waals surface area (Å²) in [5, 5.41) is 3.72. The van der Waals surface area contributed by atoms with E-state index in [2.05, 4.69) is 5.32 Å². The van der Waals surface area contributed by atoms with Gasteiger partial charge >= 0.3 is 0 Å². The van der Waals surface area contributed by atoms with Crippen LogP contribution in [0, 0.1) is 0 Å². The second-order valence-electron chi connectivity index (χ2n) is 5.00. The molecule has 1 N–H and O–H groups in total. The molecule has 2 aromatic carbocycles. The Hall–Kier alpha value is -2.18. The van der Waals surface area contributed by atoms with Crippen LogP contribution in [0.2, 0.25) is 0 Å². The van der Waals surface area contributed by atoms with E-state index in [0.717, 1.165) is 10.1 Å². The van der Waals surface area contributed by atoms with E-state index in [-0.39, 0.29) is 16.6 Å². The van der Waals surface area contributed by atoms with Crippen molar-refractivity contribution in [3.05, 3.63) is 59.5 Å². The highest BCUT2D eigenvalue weighted by atomic mass is 32.2. The van der Waals surface area contributed by atoms with Crippen LogP contribution in [-0.4, -0.2) is 20.1 Å². The fourth-order valence-corrected chi connectivity index (χ4v) is 4.28. The van der Waals surface area contributed by atoms with E-state index in [9.17, 15) is 13.2 Å². The number of rotatable bonds is 4. The number of benzene rings is 2. The number of fused-ring (bicyclic) bond motifs is 1. The lowest BCUT2D eigenvalue weighted by Gasteiger charge is -2.09. The van der Waals surface area contributed by atoms with Gasteiger partial charge in [0.15, 0.2) is 9.84 Å². The maximum atomic E-state index is 12.5. The van der Waals surface area contributed by atoms with Crippen molar-refractivity contribution >= 4 is 42.9 Å². The molecule has 0 unspecified atom stereocenters. The molecule has 0 spiro atoms. The van der Waals surface area contributed by atoms with Crippen LogP contribution in [0.1, 0.15) is 16.6 Å². The standard InChI is InChI=1S/C17H15NO3S2/c1-2-23(20,21)16-10-6-4-8-13(16)18-17(19)15-11-12-7-3-5-9-14(12)22-15/h3-11H,2H2,1H3,(H,18,19). The predicted molar refractivity (Wildman–Crippen MR) is 93.9 cm³/mol. The predicted octanol–water partition coefficient (Wildman–Crippen LogP) is 3.95. The van der Waals surface area contributed by atoms with E-state index in [1.54, 1.807) is 25.1 Å². The van der Waals surface area contributed by atoms with Gasteiger partial charge in [-0.1, -0.05) is 37.3 Å². The van der Waals surface area contributed by atoms with Crippen molar-refractivity contribution in [2.24, 2.45) is 0 Å². The molecular weight excluding hydrogens is 330 g/mol. The molecule has 0 fully saturated rings. The lowest BCUT2D eigenvalue weighted by molar-refractivity contribution is 0.103. The SMILES string of the molecule is CCS(=O)(=O)c1ccccc1NC(=O)c1cc2ccccc2s1. The Kier molecular flexibility index (Phi) is 4.19. The normalized spacial score (nSPS) is 11.5. The summed E-state index contributed by atoms with van der Waals surface area (Å²) in [6.45, 7) is 1.58. The molecule has 0 saturated carbocycles. The van der Waals surface area contributed by atoms with Crippen molar-refractivity contribution in [2.75, 3.05) is 11.1 Å². The molecule has 0 radical (unpaired) electrons. The van der Waals surface area contributed by atoms with Crippen LogP contribution in [0.15, 0.2) is 59.5 Å². The molecule has 0 saturated heterocycles. The van der Waals surface area contributed by atoms with Crippen molar-refractivity contribution in [1.29, 1.82) is 0 Å². The van der Waals surface area contributed by atoms with E-state index in [1.165, 1.54) is 17.4 Å². The summed E-state index contributed by atoms with van der Waals surface area (Å²) in [6, 6.07) is 16.0. The number of sulfone groups is 1. The number of hydrogen-bond donors (Lipinski definition) is 1. The van der Waals surface area contributed by atoms with Crippen LogP contribution in [0.3, 0.4) is 0 Å². The van der Waals surface area contributed by atoms with E-state index in [4.69, 9.17) is 0 Å². The van der Waals surface area contributed by atoms with Gasteiger partial charge in [-0.05, 0) is 29.7 Å². The van der Waals surface area contributed by atoms with Crippen molar-refractivity contribution in [2.45, 2.75) is 11.8 Å². The molecule has 0 aliphatic heterocycles. The minimum Gasteiger partial charge on any atom is -0.320 e. The average molecular weight is 345 g/mol. The summed E-state index contributed by atoms with van der Waals surface area (Å²) in [7, 11) is -3.39. The second kappa shape index (κ2) is 6.14. The molecule has 3 aromatic rings. The molecule has 118 valence electrons. The highest BCUT2D eigenvalue weighted by Gasteiger charge is 2.18. The van der Waals surface area contributed by atoms with Gasteiger partial charge in [-0.3, -0.25) is 4.79 Å². The Morgan fingerprint density at radius 2 is 1.78 bits per heavy atom. The number of nitrogens with one attached hydrogen (secondary N) is 1. The zero-order valence-electron chi connectivity index (χ0n) is 12.4. The molecule has 0 bridgehead atoms. The van der Waals surface area contributed by atoms with Crippen LogP contribution in [0.25, 0.3) is 10.1 Å². The topological polar surface area (TPSA) is 63.2 Å². The molecule has 0 aliphatic rings. The molecule has 3 rings (SSSR count). The Morgan fingerprint density at radius 1 is 1.09 bits per heavy atom. The number of carbonyl (C=O) groups excluding carboxylic acids is 1. The maximum absolute atomic E-state index is 12.5. The highest BCUT2D eigenvalue weighted by Crippen LogP contribution is 2.27. The van der Waals surface area contributed by atoms with Gasteiger partial charge in [0.05, 0.1) is 21.2 Å². The minimum absolute atomic E-state index is 0.0111. The van der Waals surface area contributed by atoms with Gasteiger partial charge in [0.2, 0.25) is 0 Å². The lowest BCUT2D eigenvalue weighted by Crippen LogP contribution is -2.14. The van der Waals surface area contributed by atoms with Crippen LogP contribution in [0.4, 0.5) is 5.69 Å². The fraction of sp³-hybridized carbons (Fsp3) is 0.118. The van der Waals surface area contributed by atoms with Crippen molar-refractivity contribution in [1.82, 2.24) is 0 Å². The Balaban J connectivity index is 1.94. The number of amides is 1. The summed E-state index contributed by atoms with van der Waals surface area (Å²) >= 11 is 1.38. The first kappa shape index (κ1) is 15.7. The van der Waals surface area contributed by atoms with Crippen LogP contribution < -0.4 is 5.32 Å². The number of anilines is 1. The Bertz CT molecular complexity index is 941. The summed E-state index contributed by atoms with van der Waals surface area (Å²) in [4.78, 5) is 13.2. The number of carbonyl (C=O) groups is 1. The Labute approximate surface area is 138 Å². The summed E-state index contributed by atoms with van der Waals surface area (Å²) in [5.41, 5.74) is 0.316. The van der Waals surface area contributed by atoms with E-state index < -0.39 is 9.84 Å². The van der Waals surface area contributed by atoms with Gasteiger partial charge in [0.1, 0.15) is 0 Å². The molecule has 0 atom stereocenters. The van der Waals surface area contributed by atoms with E-state index in [0.29, 0.717) is 10.6 Å². The number of hydrogen-bond acceptors (Lipinski definition) is 4. The number of para-hydroxylation sites is 1. The monoisotopic (exact) mass is 345 g/mol. The molecule has 1 heterocycles. The van der Waals surface area contributed by atoms with Crippen molar-refractivity contribution in [3.8, 4) is 0 Å². The van der Waals surface area contributed by atoms with E-state index >= 15 is 0 Å². The third-order valence-corrected chi connectivity index (χ3v) is 6.40. The molecular formula is C17H15NO3S2. The summed E-state index contributed by atoms with van der Waals surface area (Å²) in [5.74, 6) is -0.312. The average Bonchev–Trinajstić information content (AvgIpc) is 2.99. The third-order valence-electron chi connectivity index (χ3n) is 3.50. The largest absolute Gasteiger partial charge is 0.320 e. The fourth-order valence-electron chi connectivity index (χ4n) is 2.27. The van der Waals surface area contributed by atoms with Gasteiger partial charge < -0.3 is 5.32 Å². The van der Waals surface area contributed by atoms with Gasteiger partial charge in [-0.15, -0.1) is 11.3 Å². The number of thiophene rings is 1. The van der Waals surface area contributed by atoms with Crippen molar-refractivity contribution in [3.63, 3.8) is 0 Å². The van der Waals surface area contributed by atoms with Gasteiger partial charge in [-0.25, -0.2) is 8.42 Å². The molecule has 23 heavy (non-hydrogen) atoms. The quantitative estimate of drug-likeness (QED) is 0.779. The van der Waals surface area contributed by atoms with Gasteiger partial charge in [-0.2, -0.15) is 0 Å². The zero-order valence-corrected chi connectivity index (χ0v) is 14.1. The lowest BCUT2D eigenvalue weighted by atomic mass is 10.2. The highest BCUT2D eigenvalue weighted by molar-refractivity contribution is 7.91. The first-order valence-electron chi connectivity index (χ1n) is 7.13. The second-order valence-corrected chi connectivity index (χ2v) is 8.33. The molecule has 1 amide bonds. The van der Waals surface area contributed by atoms with Crippen molar-refractivity contribution < 1.29 is 13.2 Å². The molecule has 1 aromatic heterocycles. The first-order valence-corrected chi connectivity index (χ1v) is 9.60. The van der Waals surface area contributed by atoms with Crippen LogP contribution in [0.5, 0.6) is 0 Å². The molecule has 0 aliphatic carbocycles. The van der Waals surface area contributed by atoms with Crippen LogP contribution >= 0.6 is 11.3 Å². The first-order chi connectivity index (χ1) is 11.0. The molecule has 4 nitrogen and oxygen atoms in total. The van der Waals surface area contributed by atoms with Gasteiger partial charge in [0.25, 0.3) is 5.91 Å². The zero-order chi connectivity index (χ0) is 16.4. The minimum atomic E-state index is -3.39.